The molecule has 0 saturated carbocycles. The van der Waals surface area contributed by atoms with Crippen LogP contribution in [-0.4, -0.2) is 27.8 Å². The van der Waals surface area contributed by atoms with Crippen molar-refractivity contribution in [1.29, 1.82) is 0 Å². The van der Waals surface area contributed by atoms with Gasteiger partial charge in [-0.3, -0.25) is 9.36 Å². The van der Waals surface area contributed by atoms with Gasteiger partial charge in [0.05, 0.1) is 22.0 Å². The highest BCUT2D eigenvalue weighted by Crippen LogP contribution is 2.21. The summed E-state index contributed by atoms with van der Waals surface area (Å²) in [7, 11) is 0. The molecule has 7 nitrogen and oxygen atoms in total. The molecule has 0 bridgehead atoms. The summed E-state index contributed by atoms with van der Waals surface area (Å²) in [6.07, 6.45) is 0.689. The van der Waals surface area contributed by atoms with Crippen LogP contribution < -0.4 is 16.6 Å². The molecular formula is C19H27ClN4O3. The van der Waals surface area contributed by atoms with Crippen molar-refractivity contribution >= 4 is 28.6 Å². The molecule has 0 radical (unpaired) electrons. The lowest BCUT2D eigenvalue weighted by molar-refractivity contribution is 0.0526. The van der Waals surface area contributed by atoms with Gasteiger partial charge in [0.15, 0.2) is 0 Å². The largest absolute Gasteiger partial charge is 0.444 e. The first-order valence-corrected chi connectivity index (χ1v) is 9.43. The van der Waals surface area contributed by atoms with E-state index in [0.29, 0.717) is 47.7 Å². The zero-order chi connectivity index (χ0) is 20.2. The summed E-state index contributed by atoms with van der Waals surface area (Å²) < 4.78 is 6.75. The Morgan fingerprint density at radius 2 is 2.11 bits per heavy atom. The number of rotatable bonds is 6. The Kier molecular flexibility index (Phi) is 6.84. The average Bonchev–Trinajstić information content (AvgIpc) is 2.57. The normalized spacial score (nSPS) is 12.8. The maximum atomic E-state index is 13.0. The molecule has 27 heavy (non-hydrogen) atoms. The second-order valence-corrected chi connectivity index (χ2v) is 7.76. The van der Waals surface area contributed by atoms with E-state index in [-0.39, 0.29) is 11.6 Å². The molecule has 0 spiro atoms. The minimum atomic E-state index is -0.554. The summed E-state index contributed by atoms with van der Waals surface area (Å²) in [6.45, 7) is 8.07. The van der Waals surface area contributed by atoms with Crippen LogP contribution in [-0.2, 0) is 11.3 Å². The van der Waals surface area contributed by atoms with Crippen molar-refractivity contribution in [2.45, 2.75) is 58.7 Å². The molecule has 8 heteroatoms. The molecule has 0 aliphatic rings. The van der Waals surface area contributed by atoms with Crippen molar-refractivity contribution < 1.29 is 9.53 Å². The maximum Gasteiger partial charge on any atom is 0.407 e. The zero-order valence-electron chi connectivity index (χ0n) is 16.2. The van der Waals surface area contributed by atoms with Crippen LogP contribution in [0.3, 0.4) is 0 Å². The summed E-state index contributed by atoms with van der Waals surface area (Å²) in [5, 5.41) is 3.43. The number of nitrogens with one attached hydrogen (secondary N) is 1. The van der Waals surface area contributed by atoms with Gasteiger partial charge in [0, 0.05) is 13.1 Å². The number of hydrogen-bond acceptors (Lipinski definition) is 5. The number of alkyl carbamates (subject to hydrolysis) is 1. The number of fused-ring (bicyclic) bond motifs is 1. The summed E-state index contributed by atoms with van der Waals surface area (Å²) in [5.74, 6) is 0.523. The molecule has 1 aromatic heterocycles. The highest BCUT2D eigenvalue weighted by atomic mass is 35.5. The van der Waals surface area contributed by atoms with Crippen LogP contribution in [0.2, 0.25) is 5.02 Å². The number of halogens is 1. The summed E-state index contributed by atoms with van der Waals surface area (Å²) in [4.78, 5) is 29.3. The van der Waals surface area contributed by atoms with E-state index < -0.39 is 11.7 Å². The highest BCUT2D eigenvalue weighted by molar-refractivity contribution is 6.35. The molecule has 1 amide bonds. The number of aromatic nitrogens is 2. The molecule has 0 unspecified atom stereocenters. The van der Waals surface area contributed by atoms with Gasteiger partial charge in [-0.2, -0.15) is 0 Å². The van der Waals surface area contributed by atoms with Crippen molar-refractivity contribution in [3.05, 3.63) is 39.4 Å². The Balaban J connectivity index is 2.21. The Labute approximate surface area is 163 Å². The van der Waals surface area contributed by atoms with Gasteiger partial charge in [0.1, 0.15) is 11.4 Å². The van der Waals surface area contributed by atoms with Gasteiger partial charge < -0.3 is 15.8 Å². The third kappa shape index (κ3) is 5.43. The fraction of sp³-hybridized carbons (Fsp3) is 0.526. The summed E-state index contributed by atoms with van der Waals surface area (Å²) in [6, 6.07) is 4.82. The number of amides is 1. The SMILES string of the molecule is CC[C@H](N)c1nc2cccc(Cl)c2c(=O)n1CCCNC(=O)OC(C)(C)C. The topological polar surface area (TPSA) is 99.2 Å². The fourth-order valence-electron chi connectivity index (χ4n) is 2.66. The lowest BCUT2D eigenvalue weighted by Crippen LogP contribution is -2.34. The van der Waals surface area contributed by atoms with Gasteiger partial charge in [-0.15, -0.1) is 0 Å². The van der Waals surface area contributed by atoms with Gasteiger partial charge in [-0.05, 0) is 45.7 Å². The van der Waals surface area contributed by atoms with Gasteiger partial charge in [0.2, 0.25) is 0 Å². The first kappa shape index (κ1) is 21.2. The van der Waals surface area contributed by atoms with Crippen LogP contribution in [0, 0.1) is 0 Å². The smallest absolute Gasteiger partial charge is 0.407 e. The predicted octanol–water partition coefficient (Wildman–Crippen LogP) is 3.37. The van der Waals surface area contributed by atoms with E-state index in [1.807, 2.05) is 6.92 Å². The number of benzene rings is 1. The molecule has 1 aromatic carbocycles. The molecule has 1 heterocycles. The quantitative estimate of drug-likeness (QED) is 0.731. The lowest BCUT2D eigenvalue weighted by Gasteiger charge is -2.20. The van der Waals surface area contributed by atoms with Crippen LogP contribution in [0.4, 0.5) is 4.79 Å². The van der Waals surface area contributed by atoms with Crippen molar-refractivity contribution in [1.82, 2.24) is 14.9 Å². The van der Waals surface area contributed by atoms with Crippen LogP contribution in [0.5, 0.6) is 0 Å². The van der Waals surface area contributed by atoms with Gasteiger partial charge in [-0.1, -0.05) is 24.6 Å². The number of carbonyl (C=O) groups excluding carboxylic acids is 1. The second-order valence-electron chi connectivity index (χ2n) is 7.36. The molecule has 0 aliphatic carbocycles. The standard InChI is InChI=1S/C19H27ClN4O3/c1-5-13(21)16-23-14-9-6-8-12(20)15(14)17(25)24(16)11-7-10-22-18(26)27-19(2,3)4/h6,8-9,13H,5,7,10-11,21H2,1-4H3,(H,22,26)/t13-/m0/s1. The molecule has 1 atom stereocenters. The second kappa shape index (κ2) is 8.71. The minimum absolute atomic E-state index is 0.221. The van der Waals surface area contributed by atoms with E-state index in [4.69, 9.17) is 22.1 Å². The Morgan fingerprint density at radius 3 is 2.74 bits per heavy atom. The number of nitrogens with two attached hydrogens (primary N) is 1. The molecule has 3 N–H and O–H groups in total. The molecule has 0 aliphatic heterocycles. The first-order valence-electron chi connectivity index (χ1n) is 9.05. The number of carbonyl (C=O) groups is 1. The predicted molar refractivity (Wildman–Crippen MR) is 107 cm³/mol. The van der Waals surface area contributed by atoms with Crippen molar-refractivity contribution in [2.75, 3.05) is 6.54 Å². The average molecular weight is 395 g/mol. The van der Waals surface area contributed by atoms with E-state index in [9.17, 15) is 9.59 Å². The minimum Gasteiger partial charge on any atom is -0.444 e. The highest BCUT2D eigenvalue weighted by Gasteiger charge is 2.18. The van der Waals surface area contributed by atoms with E-state index in [1.54, 1.807) is 43.5 Å². The monoisotopic (exact) mass is 394 g/mol. The van der Waals surface area contributed by atoms with E-state index >= 15 is 0 Å². The zero-order valence-corrected chi connectivity index (χ0v) is 17.0. The Hall–Kier alpha value is -2.12. The molecule has 2 rings (SSSR count). The van der Waals surface area contributed by atoms with Gasteiger partial charge >= 0.3 is 6.09 Å². The number of ether oxygens (including phenoxy) is 1. The van der Waals surface area contributed by atoms with Crippen molar-refractivity contribution in [3.63, 3.8) is 0 Å². The third-order valence-corrected chi connectivity index (χ3v) is 4.28. The van der Waals surface area contributed by atoms with Crippen LogP contribution in [0.15, 0.2) is 23.0 Å². The lowest BCUT2D eigenvalue weighted by atomic mass is 10.2. The third-order valence-electron chi connectivity index (χ3n) is 3.96. The van der Waals surface area contributed by atoms with Crippen molar-refractivity contribution in [3.8, 4) is 0 Å². The van der Waals surface area contributed by atoms with E-state index in [2.05, 4.69) is 10.3 Å². The number of hydrogen-bond donors (Lipinski definition) is 2. The Morgan fingerprint density at radius 1 is 1.41 bits per heavy atom. The maximum absolute atomic E-state index is 13.0. The van der Waals surface area contributed by atoms with Gasteiger partial charge in [-0.25, -0.2) is 9.78 Å². The summed E-state index contributed by atoms with van der Waals surface area (Å²) >= 11 is 6.21. The van der Waals surface area contributed by atoms with Crippen LogP contribution in [0.25, 0.3) is 10.9 Å². The summed E-state index contributed by atoms with van der Waals surface area (Å²) in [5.41, 5.74) is 5.93. The fourth-order valence-corrected chi connectivity index (χ4v) is 2.91. The molecule has 0 fully saturated rings. The molecule has 2 aromatic rings. The molecular weight excluding hydrogens is 368 g/mol. The van der Waals surface area contributed by atoms with Crippen LogP contribution in [0.1, 0.15) is 52.4 Å². The number of nitrogens with zero attached hydrogens (tertiary/aromatic N) is 2. The van der Waals surface area contributed by atoms with Crippen molar-refractivity contribution in [2.24, 2.45) is 5.73 Å². The molecule has 148 valence electrons. The molecule has 0 saturated heterocycles. The Bertz CT molecular complexity index is 874. The van der Waals surface area contributed by atoms with E-state index in [0.717, 1.165) is 0 Å². The first-order chi connectivity index (χ1) is 12.6. The van der Waals surface area contributed by atoms with E-state index in [1.165, 1.54) is 0 Å². The van der Waals surface area contributed by atoms with Gasteiger partial charge in [0.25, 0.3) is 5.56 Å². The van der Waals surface area contributed by atoms with Crippen LogP contribution >= 0.6 is 11.6 Å².